The molecule has 0 aromatic carbocycles. The number of aliphatic imine (C=N–C) groups is 1. The summed E-state index contributed by atoms with van der Waals surface area (Å²) in [4.78, 5) is 9.03. The highest BCUT2D eigenvalue weighted by Crippen LogP contribution is 2.26. The number of nitrogens with zero attached hydrogens (tertiary/aromatic N) is 4. The SMILES string of the molecule is CN=C(NCC(C)N(C)C1CC1)N(C)Cc1cc(Br)cn1C.I. The van der Waals surface area contributed by atoms with E-state index in [1.54, 1.807) is 0 Å². The van der Waals surface area contributed by atoms with E-state index in [4.69, 9.17) is 0 Å². The van der Waals surface area contributed by atoms with Gasteiger partial charge in [0, 0.05) is 56.1 Å². The van der Waals surface area contributed by atoms with Crippen LogP contribution in [0.25, 0.3) is 0 Å². The summed E-state index contributed by atoms with van der Waals surface area (Å²) in [5.74, 6) is 0.938. The minimum absolute atomic E-state index is 0. The van der Waals surface area contributed by atoms with Crippen molar-refractivity contribution in [1.29, 1.82) is 0 Å². The molecule has 1 unspecified atom stereocenters. The van der Waals surface area contributed by atoms with E-state index < -0.39 is 0 Å². The van der Waals surface area contributed by atoms with Crippen LogP contribution in [0.3, 0.4) is 0 Å². The molecule has 1 aliphatic rings. The van der Waals surface area contributed by atoms with Crippen molar-refractivity contribution < 1.29 is 0 Å². The zero-order valence-electron chi connectivity index (χ0n) is 14.7. The number of hydrogen-bond donors (Lipinski definition) is 1. The molecule has 0 bridgehead atoms. The van der Waals surface area contributed by atoms with Gasteiger partial charge in [-0.3, -0.25) is 9.89 Å². The van der Waals surface area contributed by atoms with E-state index in [2.05, 4.69) is 80.9 Å². The Labute approximate surface area is 165 Å². The van der Waals surface area contributed by atoms with Gasteiger partial charge < -0.3 is 14.8 Å². The Morgan fingerprint density at radius 1 is 1.48 bits per heavy atom. The van der Waals surface area contributed by atoms with Crippen molar-refractivity contribution in [2.75, 3.05) is 27.7 Å². The Balaban J connectivity index is 0.00000264. The Kier molecular flexibility index (Phi) is 8.37. The lowest BCUT2D eigenvalue weighted by atomic mass is 10.3. The van der Waals surface area contributed by atoms with Crippen LogP contribution in [0.4, 0.5) is 0 Å². The van der Waals surface area contributed by atoms with E-state index in [9.17, 15) is 0 Å². The third-order valence-electron chi connectivity index (χ3n) is 4.42. The number of likely N-dealkylation sites (N-methyl/N-ethyl adjacent to an activating group) is 1. The number of guanidine groups is 1. The van der Waals surface area contributed by atoms with Crippen LogP contribution in [0.5, 0.6) is 0 Å². The fourth-order valence-electron chi connectivity index (χ4n) is 2.65. The number of hydrogen-bond acceptors (Lipinski definition) is 2. The standard InChI is InChI=1S/C16H28BrN5.HI/c1-12(22(5)14-6-7-14)9-19-16(18-2)21(4)11-15-8-13(17)10-20(15)3;/h8,10,12,14H,6-7,9,11H2,1-5H3,(H,18,19);1H. The third-order valence-corrected chi connectivity index (χ3v) is 4.85. The summed E-state index contributed by atoms with van der Waals surface area (Å²) in [5, 5.41) is 3.49. The van der Waals surface area contributed by atoms with Gasteiger partial charge in [0.15, 0.2) is 5.96 Å². The van der Waals surface area contributed by atoms with Crippen LogP contribution in [0, 0.1) is 0 Å². The van der Waals surface area contributed by atoms with Gasteiger partial charge in [-0.1, -0.05) is 0 Å². The minimum atomic E-state index is 0. The van der Waals surface area contributed by atoms with Gasteiger partial charge in [-0.2, -0.15) is 0 Å². The van der Waals surface area contributed by atoms with E-state index >= 15 is 0 Å². The molecule has 23 heavy (non-hydrogen) atoms. The van der Waals surface area contributed by atoms with Crippen molar-refractivity contribution in [3.8, 4) is 0 Å². The summed E-state index contributed by atoms with van der Waals surface area (Å²) in [6.07, 6.45) is 4.77. The zero-order chi connectivity index (χ0) is 16.3. The van der Waals surface area contributed by atoms with Crippen LogP contribution >= 0.6 is 39.9 Å². The van der Waals surface area contributed by atoms with Crippen LogP contribution in [-0.4, -0.2) is 60.1 Å². The molecule has 2 rings (SSSR count). The second-order valence-corrected chi connectivity index (χ2v) is 7.21. The average Bonchev–Trinajstić information content (AvgIpc) is 3.26. The maximum absolute atomic E-state index is 4.40. The summed E-state index contributed by atoms with van der Waals surface area (Å²) < 4.78 is 3.25. The van der Waals surface area contributed by atoms with Gasteiger partial charge in [-0.05, 0) is 48.8 Å². The number of aryl methyl sites for hydroxylation is 1. The van der Waals surface area contributed by atoms with Gasteiger partial charge >= 0.3 is 0 Å². The molecule has 7 heteroatoms. The molecule has 0 radical (unpaired) electrons. The van der Waals surface area contributed by atoms with Crippen LogP contribution in [0.1, 0.15) is 25.5 Å². The molecule has 1 aromatic heterocycles. The van der Waals surface area contributed by atoms with Crippen LogP contribution in [-0.2, 0) is 13.6 Å². The van der Waals surface area contributed by atoms with Crippen molar-refractivity contribution in [3.05, 3.63) is 22.4 Å². The van der Waals surface area contributed by atoms with Gasteiger partial charge in [0.1, 0.15) is 0 Å². The molecule has 1 atom stereocenters. The number of halogens is 2. The Bertz CT molecular complexity index is 527. The van der Waals surface area contributed by atoms with Gasteiger partial charge in [0.05, 0.1) is 6.54 Å². The summed E-state index contributed by atoms with van der Waals surface area (Å²) in [5.41, 5.74) is 1.25. The van der Waals surface area contributed by atoms with E-state index in [0.29, 0.717) is 6.04 Å². The molecule has 0 spiro atoms. The fraction of sp³-hybridized carbons (Fsp3) is 0.688. The lowest BCUT2D eigenvalue weighted by molar-refractivity contribution is 0.246. The number of nitrogens with one attached hydrogen (secondary N) is 1. The molecule has 0 amide bonds. The van der Waals surface area contributed by atoms with Gasteiger partial charge in [-0.15, -0.1) is 24.0 Å². The highest BCUT2D eigenvalue weighted by atomic mass is 127. The van der Waals surface area contributed by atoms with Gasteiger partial charge in [-0.25, -0.2) is 0 Å². The number of aromatic nitrogens is 1. The van der Waals surface area contributed by atoms with Crippen molar-refractivity contribution >= 4 is 45.9 Å². The Hall–Kier alpha value is -0.280. The van der Waals surface area contributed by atoms with Crippen molar-refractivity contribution in [1.82, 2.24) is 19.7 Å². The highest BCUT2D eigenvalue weighted by Gasteiger charge is 2.29. The molecule has 1 N–H and O–H groups in total. The Morgan fingerprint density at radius 3 is 2.61 bits per heavy atom. The zero-order valence-corrected chi connectivity index (χ0v) is 18.6. The van der Waals surface area contributed by atoms with E-state index in [0.717, 1.165) is 29.6 Å². The predicted molar refractivity (Wildman–Crippen MR) is 112 cm³/mol. The summed E-state index contributed by atoms with van der Waals surface area (Å²) in [6, 6.07) is 3.45. The molecule has 1 fully saturated rings. The molecule has 5 nitrogen and oxygen atoms in total. The molecule has 1 aliphatic carbocycles. The first-order valence-corrected chi connectivity index (χ1v) is 8.66. The smallest absolute Gasteiger partial charge is 0.193 e. The molecular weight excluding hydrogens is 469 g/mol. The normalized spacial score (nSPS) is 16.2. The molecule has 132 valence electrons. The van der Waals surface area contributed by atoms with Gasteiger partial charge in [0.25, 0.3) is 0 Å². The van der Waals surface area contributed by atoms with Crippen molar-refractivity contribution in [3.63, 3.8) is 0 Å². The first-order valence-electron chi connectivity index (χ1n) is 7.86. The Morgan fingerprint density at radius 2 is 2.13 bits per heavy atom. The highest BCUT2D eigenvalue weighted by molar-refractivity contribution is 14.0. The second kappa shape index (κ2) is 9.27. The molecule has 0 saturated heterocycles. The van der Waals surface area contributed by atoms with E-state index in [1.807, 2.05) is 7.05 Å². The topological polar surface area (TPSA) is 35.8 Å². The number of rotatable bonds is 6. The maximum Gasteiger partial charge on any atom is 0.193 e. The molecule has 0 aliphatic heterocycles. The molecule has 1 saturated carbocycles. The quantitative estimate of drug-likeness (QED) is 0.373. The monoisotopic (exact) mass is 497 g/mol. The van der Waals surface area contributed by atoms with E-state index in [-0.39, 0.29) is 24.0 Å². The molecular formula is C16H29BrIN5. The predicted octanol–water partition coefficient (Wildman–Crippen LogP) is 2.90. The average molecular weight is 498 g/mol. The fourth-order valence-corrected chi connectivity index (χ4v) is 3.22. The van der Waals surface area contributed by atoms with Gasteiger partial charge in [0.2, 0.25) is 0 Å². The maximum atomic E-state index is 4.40. The lowest BCUT2D eigenvalue weighted by Gasteiger charge is -2.28. The van der Waals surface area contributed by atoms with Crippen molar-refractivity contribution in [2.24, 2.45) is 12.0 Å². The third kappa shape index (κ3) is 5.94. The first kappa shape index (κ1) is 20.8. The van der Waals surface area contributed by atoms with Crippen LogP contribution in [0.2, 0.25) is 0 Å². The minimum Gasteiger partial charge on any atom is -0.355 e. The summed E-state index contributed by atoms with van der Waals surface area (Å²) >= 11 is 3.52. The first-order chi connectivity index (χ1) is 10.4. The summed E-state index contributed by atoms with van der Waals surface area (Å²) in [6.45, 7) is 4.02. The largest absolute Gasteiger partial charge is 0.355 e. The molecule has 1 aromatic rings. The second-order valence-electron chi connectivity index (χ2n) is 6.29. The van der Waals surface area contributed by atoms with Crippen LogP contribution < -0.4 is 5.32 Å². The van der Waals surface area contributed by atoms with E-state index in [1.165, 1.54) is 18.5 Å². The molecule has 1 heterocycles. The lowest BCUT2D eigenvalue weighted by Crippen LogP contribution is -2.45. The summed E-state index contributed by atoms with van der Waals surface area (Å²) in [7, 11) is 8.20. The van der Waals surface area contributed by atoms with Crippen LogP contribution in [0.15, 0.2) is 21.7 Å². The van der Waals surface area contributed by atoms with Crippen molar-refractivity contribution in [2.45, 2.75) is 38.4 Å².